The third kappa shape index (κ3) is 3.42. The van der Waals surface area contributed by atoms with Crippen molar-refractivity contribution in [1.82, 2.24) is 20.6 Å². The molecule has 2 aromatic rings. The Balaban J connectivity index is 1.69. The van der Waals surface area contributed by atoms with Crippen molar-refractivity contribution in [1.29, 1.82) is 5.41 Å². The number of nitrogens with zero attached hydrogens (tertiary/aromatic N) is 2. The second-order valence-corrected chi connectivity index (χ2v) is 7.06. The molecular weight excluding hydrogens is 310 g/mol. The summed E-state index contributed by atoms with van der Waals surface area (Å²) in [5, 5.41) is 14.9. The van der Waals surface area contributed by atoms with Crippen molar-refractivity contribution < 1.29 is 0 Å². The molecule has 0 unspecified atom stereocenters. The summed E-state index contributed by atoms with van der Waals surface area (Å²) in [6.07, 6.45) is 8.26. The molecule has 3 N–H and O–H groups in total. The Kier molecular flexibility index (Phi) is 4.49. The van der Waals surface area contributed by atoms with Crippen LogP contribution in [0.4, 0.5) is 0 Å². The van der Waals surface area contributed by atoms with Crippen LogP contribution in [0, 0.1) is 11.3 Å². The first-order chi connectivity index (χ1) is 12.3. The Morgan fingerprint density at radius 1 is 1.20 bits per heavy atom. The first-order valence-corrected chi connectivity index (χ1v) is 9.20. The van der Waals surface area contributed by atoms with Crippen molar-refractivity contribution in [3.05, 3.63) is 41.9 Å². The Bertz CT molecular complexity index is 816. The van der Waals surface area contributed by atoms with Gasteiger partial charge in [0, 0.05) is 30.5 Å². The molecule has 4 rings (SSSR count). The van der Waals surface area contributed by atoms with Crippen molar-refractivity contribution in [3.8, 4) is 0 Å². The van der Waals surface area contributed by atoms with Crippen molar-refractivity contribution >= 4 is 22.3 Å². The van der Waals surface area contributed by atoms with Crippen LogP contribution in [0.1, 0.15) is 42.9 Å². The highest BCUT2D eigenvalue weighted by molar-refractivity contribution is 6.23. The molecular formula is C20H25N5. The zero-order valence-corrected chi connectivity index (χ0v) is 14.7. The molecule has 2 heterocycles. The van der Waals surface area contributed by atoms with Crippen LogP contribution in [-0.4, -0.2) is 35.8 Å². The van der Waals surface area contributed by atoms with Gasteiger partial charge < -0.3 is 16.0 Å². The van der Waals surface area contributed by atoms with E-state index >= 15 is 0 Å². The summed E-state index contributed by atoms with van der Waals surface area (Å²) in [5.41, 5.74) is 5.55. The highest BCUT2D eigenvalue weighted by Gasteiger charge is 2.29. The van der Waals surface area contributed by atoms with Gasteiger partial charge in [-0.15, -0.1) is 0 Å². The largest absolute Gasteiger partial charge is 0.393 e. The number of piperidine rings is 1. The number of rotatable bonds is 5. The molecule has 25 heavy (non-hydrogen) atoms. The van der Waals surface area contributed by atoms with E-state index in [-0.39, 0.29) is 0 Å². The van der Waals surface area contributed by atoms with E-state index in [1.807, 2.05) is 13.2 Å². The summed E-state index contributed by atoms with van der Waals surface area (Å²) in [7, 11) is 1.86. The molecule has 0 spiro atoms. The average Bonchev–Trinajstić information content (AvgIpc) is 3.51. The van der Waals surface area contributed by atoms with Crippen LogP contribution in [0.5, 0.6) is 0 Å². The SMILES string of the molecule is CN/C=C(\C(=N)C1CC1)c1cnc2ccc(C3CCNCC3)cc2n1. The highest BCUT2D eigenvalue weighted by Crippen LogP contribution is 2.35. The van der Waals surface area contributed by atoms with Gasteiger partial charge in [0.25, 0.3) is 0 Å². The molecule has 0 radical (unpaired) electrons. The second-order valence-electron chi connectivity index (χ2n) is 7.06. The number of fused-ring (bicyclic) bond motifs is 1. The Morgan fingerprint density at radius 3 is 2.72 bits per heavy atom. The predicted molar refractivity (Wildman–Crippen MR) is 102 cm³/mol. The molecule has 0 atom stereocenters. The molecule has 1 aliphatic carbocycles. The number of hydrogen-bond acceptors (Lipinski definition) is 5. The van der Waals surface area contributed by atoms with Crippen molar-refractivity contribution in [2.75, 3.05) is 20.1 Å². The minimum absolute atomic E-state index is 0.387. The molecule has 130 valence electrons. The molecule has 0 bridgehead atoms. The molecule has 2 aliphatic rings. The van der Waals surface area contributed by atoms with E-state index < -0.39 is 0 Å². The standard InChI is InChI=1S/C20H25N5/c1-22-11-16(20(21)14-2-3-14)19-12-24-17-5-4-15(10-18(17)25-19)13-6-8-23-9-7-13/h4-5,10-14,21-23H,2-3,6-9H2,1H3/b16-11-,21-20?. The molecule has 5 heteroatoms. The van der Waals surface area contributed by atoms with Crippen molar-refractivity contribution in [2.24, 2.45) is 5.92 Å². The van der Waals surface area contributed by atoms with Crippen LogP contribution in [0.15, 0.2) is 30.6 Å². The van der Waals surface area contributed by atoms with Crippen LogP contribution < -0.4 is 10.6 Å². The molecule has 2 fully saturated rings. The maximum absolute atomic E-state index is 8.43. The fourth-order valence-electron chi connectivity index (χ4n) is 3.59. The number of nitrogens with one attached hydrogen (secondary N) is 3. The van der Waals surface area contributed by atoms with Crippen LogP contribution in [0.25, 0.3) is 16.6 Å². The predicted octanol–water partition coefficient (Wildman–Crippen LogP) is 3.09. The summed E-state index contributed by atoms with van der Waals surface area (Å²) in [6, 6.07) is 6.47. The molecule has 0 amide bonds. The summed E-state index contributed by atoms with van der Waals surface area (Å²) < 4.78 is 0. The van der Waals surface area contributed by atoms with E-state index in [1.165, 1.54) is 18.4 Å². The summed E-state index contributed by atoms with van der Waals surface area (Å²) in [5.74, 6) is 0.992. The second kappa shape index (κ2) is 6.92. The van der Waals surface area contributed by atoms with Gasteiger partial charge in [-0.05, 0) is 62.4 Å². The van der Waals surface area contributed by atoms with Crippen LogP contribution in [0.2, 0.25) is 0 Å². The maximum Gasteiger partial charge on any atom is 0.0925 e. The summed E-state index contributed by atoms with van der Waals surface area (Å²) in [6.45, 7) is 2.17. The van der Waals surface area contributed by atoms with E-state index in [9.17, 15) is 0 Å². The van der Waals surface area contributed by atoms with Gasteiger partial charge in [0.2, 0.25) is 0 Å². The van der Waals surface area contributed by atoms with Crippen molar-refractivity contribution in [2.45, 2.75) is 31.6 Å². The Morgan fingerprint density at radius 2 is 2.00 bits per heavy atom. The van der Waals surface area contributed by atoms with Crippen LogP contribution in [0.3, 0.4) is 0 Å². The van der Waals surface area contributed by atoms with Gasteiger partial charge in [0.05, 0.1) is 22.9 Å². The fraction of sp³-hybridized carbons (Fsp3) is 0.450. The van der Waals surface area contributed by atoms with Gasteiger partial charge in [-0.2, -0.15) is 0 Å². The van der Waals surface area contributed by atoms with E-state index in [2.05, 4.69) is 33.8 Å². The van der Waals surface area contributed by atoms with Crippen molar-refractivity contribution in [3.63, 3.8) is 0 Å². The number of benzene rings is 1. The molecule has 5 nitrogen and oxygen atoms in total. The monoisotopic (exact) mass is 335 g/mol. The lowest BCUT2D eigenvalue weighted by Crippen LogP contribution is -2.26. The molecule has 1 aromatic heterocycles. The normalized spacial score (nSPS) is 19.2. The molecule has 1 saturated carbocycles. The minimum atomic E-state index is 0.387. The van der Waals surface area contributed by atoms with Gasteiger partial charge in [-0.1, -0.05) is 6.07 Å². The van der Waals surface area contributed by atoms with Gasteiger partial charge in [0.15, 0.2) is 0 Å². The van der Waals surface area contributed by atoms with E-state index in [0.717, 1.165) is 48.2 Å². The zero-order chi connectivity index (χ0) is 17.2. The smallest absolute Gasteiger partial charge is 0.0925 e. The number of allylic oxidation sites excluding steroid dienone is 1. The fourth-order valence-corrected chi connectivity index (χ4v) is 3.59. The highest BCUT2D eigenvalue weighted by atomic mass is 14.9. The van der Waals surface area contributed by atoms with Gasteiger partial charge in [0.1, 0.15) is 0 Å². The van der Waals surface area contributed by atoms with Gasteiger partial charge in [-0.25, -0.2) is 4.98 Å². The average molecular weight is 335 g/mol. The van der Waals surface area contributed by atoms with Gasteiger partial charge in [-0.3, -0.25) is 4.98 Å². The molecule has 1 aliphatic heterocycles. The molecule has 1 aromatic carbocycles. The van der Waals surface area contributed by atoms with E-state index in [4.69, 9.17) is 10.4 Å². The molecule has 1 saturated heterocycles. The zero-order valence-electron chi connectivity index (χ0n) is 14.7. The first-order valence-electron chi connectivity index (χ1n) is 9.20. The minimum Gasteiger partial charge on any atom is -0.393 e. The van der Waals surface area contributed by atoms with Crippen LogP contribution in [-0.2, 0) is 0 Å². The third-order valence-electron chi connectivity index (χ3n) is 5.22. The number of aromatic nitrogens is 2. The quantitative estimate of drug-likeness (QED) is 0.734. The van der Waals surface area contributed by atoms with Gasteiger partial charge >= 0.3 is 0 Å². The number of hydrogen-bond donors (Lipinski definition) is 3. The first kappa shape index (κ1) is 16.2. The van der Waals surface area contributed by atoms with Crippen LogP contribution >= 0.6 is 0 Å². The lowest BCUT2D eigenvalue weighted by Gasteiger charge is -2.23. The summed E-state index contributed by atoms with van der Waals surface area (Å²) >= 11 is 0. The topological polar surface area (TPSA) is 73.7 Å². The maximum atomic E-state index is 8.43. The Hall–Kier alpha value is -2.27. The summed E-state index contributed by atoms with van der Waals surface area (Å²) in [4.78, 5) is 9.45. The van der Waals surface area contributed by atoms with E-state index in [1.54, 1.807) is 6.20 Å². The lowest BCUT2D eigenvalue weighted by atomic mass is 9.90. The Labute approximate surface area is 148 Å². The third-order valence-corrected chi connectivity index (χ3v) is 5.22. The lowest BCUT2D eigenvalue weighted by molar-refractivity contribution is 0.460. The van der Waals surface area contributed by atoms with E-state index in [0.29, 0.717) is 17.5 Å².